The molecule has 0 radical (unpaired) electrons. The zero-order valence-electron chi connectivity index (χ0n) is 12.7. The van der Waals surface area contributed by atoms with Gasteiger partial charge in [0.2, 0.25) is 5.91 Å². The molecular weight excluding hydrogens is 363 g/mol. The van der Waals surface area contributed by atoms with Crippen LogP contribution in [0.15, 0.2) is 29.4 Å². The number of anilines is 1. The lowest BCUT2D eigenvalue weighted by molar-refractivity contribution is -0.137. The third kappa shape index (κ3) is 5.10. The third-order valence-electron chi connectivity index (χ3n) is 2.86. The number of aromatic nitrogens is 2. The van der Waals surface area contributed by atoms with Gasteiger partial charge in [0.25, 0.3) is 0 Å². The number of carbonyl (C=O) groups is 1. The van der Waals surface area contributed by atoms with E-state index in [2.05, 4.69) is 15.3 Å². The Kier molecular flexibility index (Phi) is 5.71. The van der Waals surface area contributed by atoms with Crippen LogP contribution in [0.1, 0.15) is 17.0 Å². The largest absolute Gasteiger partial charge is 0.418 e. The number of nitrogens with one attached hydrogen (secondary N) is 1. The van der Waals surface area contributed by atoms with E-state index < -0.39 is 17.6 Å². The number of benzene rings is 1. The van der Waals surface area contributed by atoms with Crippen LogP contribution in [0.2, 0.25) is 5.02 Å². The van der Waals surface area contributed by atoms with Crippen LogP contribution in [0.4, 0.5) is 18.9 Å². The number of carbonyl (C=O) groups excluding carboxylic acids is 1. The molecule has 0 fully saturated rings. The number of hydrogen-bond donors (Lipinski definition) is 1. The van der Waals surface area contributed by atoms with Gasteiger partial charge in [0.05, 0.1) is 17.0 Å². The number of hydrogen-bond acceptors (Lipinski definition) is 4. The van der Waals surface area contributed by atoms with Gasteiger partial charge in [-0.2, -0.15) is 13.2 Å². The van der Waals surface area contributed by atoms with Crippen LogP contribution in [0.3, 0.4) is 0 Å². The number of halogens is 4. The second-order valence-electron chi connectivity index (χ2n) is 4.96. The third-order valence-corrected chi connectivity index (χ3v) is 3.94. The molecule has 0 saturated heterocycles. The summed E-state index contributed by atoms with van der Waals surface area (Å²) < 4.78 is 38.9. The molecule has 1 amide bonds. The Hall–Kier alpha value is -1.80. The molecule has 0 aliphatic carbocycles. The standard InChI is InChI=1S/C15H13ClF3N3OS/c1-8-5-9(2)21-14(20-8)24-7-13(23)22-12-4-3-10(16)6-11(12)15(17,18)19/h3-6H,7H2,1-2H3,(H,22,23). The molecule has 0 aliphatic heterocycles. The maximum atomic E-state index is 13.0. The van der Waals surface area contributed by atoms with E-state index in [1.165, 1.54) is 6.07 Å². The topological polar surface area (TPSA) is 54.9 Å². The normalized spacial score (nSPS) is 11.4. The number of amides is 1. The zero-order chi connectivity index (χ0) is 17.9. The average Bonchev–Trinajstić information content (AvgIpc) is 2.45. The summed E-state index contributed by atoms with van der Waals surface area (Å²) in [5, 5.41) is 2.59. The maximum absolute atomic E-state index is 13.0. The van der Waals surface area contributed by atoms with Crippen LogP contribution < -0.4 is 5.32 Å². The first-order valence-corrected chi connectivity index (χ1v) is 8.13. The Labute approximate surface area is 145 Å². The van der Waals surface area contributed by atoms with Crippen LogP contribution in [0.25, 0.3) is 0 Å². The quantitative estimate of drug-likeness (QED) is 0.631. The van der Waals surface area contributed by atoms with Crippen LogP contribution in [-0.2, 0) is 11.0 Å². The first kappa shape index (κ1) is 18.5. The Morgan fingerprint density at radius 3 is 2.42 bits per heavy atom. The molecule has 2 aromatic rings. The fraction of sp³-hybridized carbons (Fsp3) is 0.267. The van der Waals surface area contributed by atoms with Crippen molar-refractivity contribution in [2.45, 2.75) is 25.2 Å². The SMILES string of the molecule is Cc1cc(C)nc(SCC(=O)Nc2ccc(Cl)cc2C(F)(F)F)n1. The maximum Gasteiger partial charge on any atom is 0.418 e. The van der Waals surface area contributed by atoms with Crippen molar-refractivity contribution in [3.8, 4) is 0 Å². The van der Waals surface area contributed by atoms with Gasteiger partial charge in [0.1, 0.15) is 0 Å². The Morgan fingerprint density at radius 2 is 1.83 bits per heavy atom. The number of aryl methyl sites for hydroxylation is 2. The predicted molar refractivity (Wildman–Crippen MR) is 87.3 cm³/mol. The smallest absolute Gasteiger partial charge is 0.325 e. The molecule has 1 aromatic carbocycles. The van der Waals surface area contributed by atoms with E-state index in [1.54, 1.807) is 19.9 Å². The molecule has 128 valence electrons. The lowest BCUT2D eigenvalue weighted by Gasteiger charge is -2.14. The Balaban J connectivity index is 2.07. The molecule has 0 bridgehead atoms. The van der Waals surface area contributed by atoms with Crippen molar-refractivity contribution in [1.82, 2.24) is 9.97 Å². The van der Waals surface area contributed by atoms with Gasteiger partial charge in [0.15, 0.2) is 5.16 Å². The van der Waals surface area contributed by atoms with Gasteiger partial charge in [0, 0.05) is 16.4 Å². The minimum atomic E-state index is -4.61. The van der Waals surface area contributed by atoms with Crippen LogP contribution in [0, 0.1) is 13.8 Å². The van der Waals surface area contributed by atoms with Gasteiger partial charge >= 0.3 is 6.18 Å². The lowest BCUT2D eigenvalue weighted by atomic mass is 10.1. The summed E-state index contributed by atoms with van der Waals surface area (Å²) in [7, 11) is 0. The molecule has 2 rings (SSSR count). The Morgan fingerprint density at radius 1 is 1.21 bits per heavy atom. The van der Waals surface area contributed by atoms with E-state index in [1.807, 2.05) is 0 Å². The average molecular weight is 376 g/mol. The molecule has 1 heterocycles. The molecule has 9 heteroatoms. The highest BCUT2D eigenvalue weighted by atomic mass is 35.5. The van der Waals surface area contributed by atoms with Gasteiger partial charge in [-0.25, -0.2) is 9.97 Å². The zero-order valence-corrected chi connectivity index (χ0v) is 14.3. The molecule has 1 N–H and O–H groups in total. The monoisotopic (exact) mass is 375 g/mol. The van der Waals surface area contributed by atoms with Crippen molar-refractivity contribution >= 4 is 35.0 Å². The summed E-state index contributed by atoms with van der Waals surface area (Å²) in [5.74, 6) is -0.696. The highest BCUT2D eigenvalue weighted by Gasteiger charge is 2.34. The second-order valence-corrected chi connectivity index (χ2v) is 6.34. The highest BCUT2D eigenvalue weighted by molar-refractivity contribution is 7.99. The van der Waals surface area contributed by atoms with Crippen LogP contribution >= 0.6 is 23.4 Å². The van der Waals surface area contributed by atoms with E-state index >= 15 is 0 Å². The van der Waals surface area contributed by atoms with Crippen molar-refractivity contribution in [3.63, 3.8) is 0 Å². The van der Waals surface area contributed by atoms with E-state index in [-0.39, 0.29) is 16.5 Å². The van der Waals surface area contributed by atoms with Crippen LogP contribution in [-0.4, -0.2) is 21.6 Å². The van der Waals surface area contributed by atoms with E-state index in [0.29, 0.717) is 5.16 Å². The summed E-state index contributed by atoms with van der Waals surface area (Å²) >= 11 is 6.65. The van der Waals surface area contributed by atoms with Crippen molar-refractivity contribution in [2.75, 3.05) is 11.1 Å². The number of alkyl halides is 3. The minimum absolute atomic E-state index is 0.0571. The van der Waals surface area contributed by atoms with Crippen molar-refractivity contribution < 1.29 is 18.0 Å². The van der Waals surface area contributed by atoms with Crippen molar-refractivity contribution in [3.05, 3.63) is 46.2 Å². The van der Waals surface area contributed by atoms with E-state index in [0.717, 1.165) is 35.3 Å². The molecule has 1 aromatic heterocycles. The summed E-state index contributed by atoms with van der Waals surface area (Å²) in [6.45, 7) is 3.59. The second kappa shape index (κ2) is 7.40. The van der Waals surface area contributed by atoms with Gasteiger partial charge < -0.3 is 5.32 Å². The summed E-state index contributed by atoms with van der Waals surface area (Å²) in [6.07, 6.45) is -4.61. The van der Waals surface area contributed by atoms with Crippen LogP contribution in [0.5, 0.6) is 0 Å². The van der Waals surface area contributed by atoms with E-state index in [9.17, 15) is 18.0 Å². The van der Waals surface area contributed by atoms with Gasteiger partial charge in [-0.05, 0) is 38.1 Å². The fourth-order valence-corrected chi connectivity index (χ4v) is 2.86. The summed E-state index contributed by atoms with van der Waals surface area (Å²) in [6, 6.07) is 4.97. The van der Waals surface area contributed by atoms with Crippen molar-refractivity contribution in [2.24, 2.45) is 0 Å². The molecule has 0 saturated carbocycles. The summed E-state index contributed by atoms with van der Waals surface area (Å²) in [5.41, 5.74) is 0.180. The predicted octanol–water partition coefficient (Wildman–Crippen LogP) is 4.50. The molecule has 0 spiro atoms. The van der Waals surface area contributed by atoms with Crippen molar-refractivity contribution in [1.29, 1.82) is 0 Å². The number of thioether (sulfide) groups is 1. The van der Waals surface area contributed by atoms with Gasteiger partial charge in [-0.15, -0.1) is 0 Å². The molecule has 0 aliphatic rings. The molecule has 0 atom stereocenters. The fourth-order valence-electron chi connectivity index (χ4n) is 1.93. The number of rotatable bonds is 4. The molecule has 24 heavy (non-hydrogen) atoms. The van der Waals surface area contributed by atoms with Gasteiger partial charge in [-0.3, -0.25) is 4.79 Å². The lowest BCUT2D eigenvalue weighted by Crippen LogP contribution is -2.18. The van der Waals surface area contributed by atoms with Gasteiger partial charge in [-0.1, -0.05) is 23.4 Å². The molecule has 4 nitrogen and oxygen atoms in total. The Bertz CT molecular complexity index is 748. The van der Waals surface area contributed by atoms with E-state index in [4.69, 9.17) is 11.6 Å². The first-order valence-electron chi connectivity index (χ1n) is 6.77. The number of nitrogens with zero attached hydrogens (tertiary/aromatic N) is 2. The minimum Gasteiger partial charge on any atom is -0.325 e. The highest BCUT2D eigenvalue weighted by Crippen LogP contribution is 2.36. The first-order chi connectivity index (χ1) is 11.1. The molecular formula is C15H13ClF3N3OS. The molecule has 0 unspecified atom stereocenters. The summed E-state index contributed by atoms with van der Waals surface area (Å²) in [4.78, 5) is 20.2.